The summed E-state index contributed by atoms with van der Waals surface area (Å²) in [5.41, 5.74) is 0.663. The second kappa shape index (κ2) is 5.44. The largest absolute Gasteiger partial charge is 0.497 e. The van der Waals surface area contributed by atoms with Crippen molar-refractivity contribution in [2.24, 2.45) is 5.92 Å². The van der Waals surface area contributed by atoms with Crippen LogP contribution in [0.1, 0.15) is 6.42 Å². The number of sulfone groups is 1. The minimum absolute atomic E-state index is 0.0169. The summed E-state index contributed by atoms with van der Waals surface area (Å²) in [6.07, 6.45) is 1.74. The van der Waals surface area contributed by atoms with E-state index in [1.54, 1.807) is 37.5 Å². The Hall–Kier alpha value is -1.82. The van der Waals surface area contributed by atoms with Crippen LogP contribution in [0.25, 0.3) is 0 Å². The van der Waals surface area contributed by atoms with Crippen LogP contribution in [0.2, 0.25) is 0 Å². The zero-order chi connectivity index (χ0) is 13.9. The summed E-state index contributed by atoms with van der Waals surface area (Å²) >= 11 is 0. The molecule has 1 aromatic rings. The number of hydrogen-bond donors (Lipinski definition) is 1. The van der Waals surface area contributed by atoms with E-state index in [2.05, 4.69) is 5.32 Å². The first-order valence-electron chi connectivity index (χ1n) is 5.83. The van der Waals surface area contributed by atoms with E-state index in [1.165, 1.54) is 5.41 Å². The number of allylic oxidation sites excluding steroid dienone is 1. The Morgan fingerprint density at radius 2 is 2.05 bits per heavy atom. The molecule has 0 spiro atoms. The number of carbonyl (C=O) groups excluding carboxylic acids is 1. The van der Waals surface area contributed by atoms with Gasteiger partial charge < -0.3 is 10.1 Å². The standard InChI is InChI=1S/C13H15NO4S/c1-18-12-4-2-11(3-5-12)14-13(15)8-10-6-7-19(16,17)9-10/h2-7,10H,8-9H2,1H3,(H,14,15)/t10-/m1/s1. The van der Waals surface area contributed by atoms with E-state index in [0.29, 0.717) is 11.4 Å². The van der Waals surface area contributed by atoms with E-state index in [-0.39, 0.29) is 24.0 Å². The number of carbonyl (C=O) groups is 1. The van der Waals surface area contributed by atoms with Crippen molar-refractivity contribution in [1.29, 1.82) is 0 Å². The highest BCUT2D eigenvalue weighted by Crippen LogP contribution is 2.20. The molecule has 0 fully saturated rings. The maximum absolute atomic E-state index is 11.8. The van der Waals surface area contributed by atoms with Crippen LogP contribution in [0, 0.1) is 5.92 Å². The molecule has 1 N–H and O–H groups in total. The molecule has 102 valence electrons. The molecule has 0 radical (unpaired) electrons. The number of rotatable bonds is 4. The van der Waals surface area contributed by atoms with Gasteiger partial charge in [0.2, 0.25) is 5.91 Å². The van der Waals surface area contributed by atoms with Gasteiger partial charge in [-0.2, -0.15) is 0 Å². The molecular weight excluding hydrogens is 266 g/mol. The molecule has 0 aliphatic carbocycles. The zero-order valence-corrected chi connectivity index (χ0v) is 11.3. The lowest BCUT2D eigenvalue weighted by Crippen LogP contribution is -2.17. The summed E-state index contributed by atoms with van der Waals surface area (Å²) in [5, 5.41) is 3.90. The van der Waals surface area contributed by atoms with Gasteiger partial charge >= 0.3 is 0 Å². The molecule has 5 nitrogen and oxygen atoms in total. The van der Waals surface area contributed by atoms with Gasteiger partial charge in [-0.1, -0.05) is 6.08 Å². The van der Waals surface area contributed by atoms with Crippen LogP contribution in [-0.2, 0) is 14.6 Å². The average Bonchev–Trinajstić information content (AvgIpc) is 2.69. The van der Waals surface area contributed by atoms with Crippen molar-refractivity contribution < 1.29 is 17.9 Å². The molecule has 6 heteroatoms. The summed E-state index contributed by atoms with van der Waals surface area (Å²) in [5.74, 6) is 0.297. The van der Waals surface area contributed by atoms with Crippen molar-refractivity contribution in [2.75, 3.05) is 18.2 Å². The van der Waals surface area contributed by atoms with Gasteiger partial charge in [-0.05, 0) is 24.3 Å². The van der Waals surface area contributed by atoms with Crippen LogP contribution >= 0.6 is 0 Å². The summed E-state index contributed by atoms with van der Waals surface area (Å²) in [6.45, 7) is 0. The van der Waals surface area contributed by atoms with Gasteiger partial charge in [0, 0.05) is 23.4 Å². The van der Waals surface area contributed by atoms with E-state index < -0.39 is 9.84 Å². The third kappa shape index (κ3) is 3.82. The molecular formula is C13H15NO4S. The lowest BCUT2D eigenvalue weighted by molar-refractivity contribution is -0.116. The Morgan fingerprint density at radius 3 is 2.58 bits per heavy atom. The number of methoxy groups -OCH3 is 1. The molecule has 1 amide bonds. The van der Waals surface area contributed by atoms with Crippen LogP contribution in [0.4, 0.5) is 5.69 Å². The second-order valence-corrected chi connectivity index (χ2v) is 6.33. The first-order valence-corrected chi connectivity index (χ1v) is 7.55. The molecule has 0 saturated carbocycles. The van der Waals surface area contributed by atoms with Gasteiger partial charge in [-0.25, -0.2) is 8.42 Å². The third-order valence-electron chi connectivity index (χ3n) is 2.83. The molecule has 1 atom stereocenters. The fourth-order valence-corrected chi connectivity index (χ4v) is 3.29. The van der Waals surface area contributed by atoms with E-state index >= 15 is 0 Å². The lowest BCUT2D eigenvalue weighted by Gasteiger charge is -2.08. The zero-order valence-electron chi connectivity index (χ0n) is 10.5. The van der Waals surface area contributed by atoms with Crippen molar-refractivity contribution in [2.45, 2.75) is 6.42 Å². The summed E-state index contributed by atoms with van der Waals surface area (Å²) < 4.78 is 27.5. The maximum Gasteiger partial charge on any atom is 0.224 e. The SMILES string of the molecule is COc1ccc(NC(=O)C[C@H]2C=CS(=O)(=O)C2)cc1. The Balaban J connectivity index is 1.89. The van der Waals surface area contributed by atoms with Gasteiger partial charge in [-0.3, -0.25) is 4.79 Å². The molecule has 0 saturated heterocycles. The number of nitrogens with one attached hydrogen (secondary N) is 1. The van der Waals surface area contributed by atoms with Crippen LogP contribution in [0.3, 0.4) is 0 Å². The third-order valence-corrected chi connectivity index (χ3v) is 4.29. The van der Waals surface area contributed by atoms with Crippen molar-refractivity contribution in [3.63, 3.8) is 0 Å². The first kappa shape index (κ1) is 13.6. The maximum atomic E-state index is 11.8. The first-order chi connectivity index (χ1) is 8.98. The van der Waals surface area contributed by atoms with Gasteiger partial charge in [0.15, 0.2) is 9.84 Å². The topological polar surface area (TPSA) is 72.5 Å². The van der Waals surface area contributed by atoms with Crippen molar-refractivity contribution in [3.8, 4) is 5.75 Å². The average molecular weight is 281 g/mol. The smallest absolute Gasteiger partial charge is 0.224 e. The van der Waals surface area contributed by atoms with Crippen molar-refractivity contribution in [3.05, 3.63) is 35.7 Å². The fraction of sp³-hybridized carbons (Fsp3) is 0.308. The minimum atomic E-state index is -3.10. The number of amides is 1. The van der Waals surface area contributed by atoms with Crippen molar-refractivity contribution in [1.82, 2.24) is 0 Å². The summed E-state index contributed by atoms with van der Waals surface area (Å²) in [4.78, 5) is 11.8. The monoisotopic (exact) mass is 281 g/mol. The van der Waals surface area contributed by atoms with Gasteiger partial charge in [0.05, 0.1) is 12.9 Å². The summed E-state index contributed by atoms with van der Waals surface area (Å²) in [6, 6.07) is 6.96. The fourth-order valence-electron chi connectivity index (χ4n) is 1.89. The number of ether oxygens (including phenoxy) is 1. The Kier molecular flexibility index (Phi) is 3.90. The van der Waals surface area contributed by atoms with E-state index in [4.69, 9.17) is 4.74 Å². The van der Waals surface area contributed by atoms with Crippen LogP contribution in [0.15, 0.2) is 35.7 Å². The van der Waals surface area contributed by atoms with Gasteiger partial charge in [0.25, 0.3) is 0 Å². The van der Waals surface area contributed by atoms with Gasteiger partial charge in [0.1, 0.15) is 5.75 Å². The molecule has 1 heterocycles. The predicted molar refractivity (Wildman–Crippen MR) is 72.7 cm³/mol. The number of benzene rings is 1. The molecule has 19 heavy (non-hydrogen) atoms. The molecule has 1 aliphatic heterocycles. The lowest BCUT2D eigenvalue weighted by atomic mass is 10.1. The highest BCUT2D eigenvalue weighted by atomic mass is 32.2. The molecule has 1 aromatic carbocycles. The van der Waals surface area contributed by atoms with Crippen LogP contribution < -0.4 is 10.1 Å². The van der Waals surface area contributed by atoms with Crippen LogP contribution in [-0.4, -0.2) is 27.2 Å². The summed E-state index contributed by atoms with van der Waals surface area (Å²) in [7, 11) is -1.53. The molecule has 0 aromatic heterocycles. The highest BCUT2D eigenvalue weighted by Gasteiger charge is 2.23. The van der Waals surface area contributed by atoms with Crippen LogP contribution in [0.5, 0.6) is 5.75 Å². The molecule has 0 unspecified atom stereocenters. The Bertz CT molecular complexity index is 590. The van der Waals surface area contributed by atoms with E-state index in [1.807, 2.05) is 0 Å². The van der Waals surface area contributed by atoms with E-state index in [0.717, 1.165) is 0 Å². The quantitative estimate of drug-likeness (QED) is 0.909. The Labute approximate surface area is 112 Å². The predicted octanol–water partition coefficient (Wildman–Crippen LogP) is 1.58. The van der Waals surface area contributed by atoms with Crippen molar-refractivity contribution >= 4 is 21.4 Å². The molecule has 1 aliphatic rings. The highest BCUT2D eigenvalue weighted by molar-refractivity contribution is 7.94. The van der Waals surface area contributed by atoms with Gasteiger partial charge in [-0.15, -0.1) is 0 Å². The molecule has 0 bridgehead atoms. The Morgan fingerprint density at radius 1 is 1.37 bits per heavy atom. The van der Waals surface area contributed by atoms with E-state index in [9.17, 15) is 13.2 Å². The normalized spacial score (nSPS) is 20.2. The molecule has 2 rings (SSSR count). The number of anilines is 1. The minimum Gasteiger partial charge on any atom is -0.497 e. The second-order valence-electron chi connectivity index (χ2n) is 4.40. The number of hydrogen-bond acceptors (Lipinski definition) is 4.